The number of nitrogens with one attached hydrogen (secondary N) is 2. The van der Waals surface area contributed by atoms with Crippen molar-refractivity contribution in [3.63, 3.8) is 0 Å². The molecule has 0 aromatic heterocycles. The fraction of sp³-hybridized carbons (Fsp3) is 0.385. The predicted molar refractivity (Wildman–Crippen MR) is 76.0 cm³/mol. The highest BCUT2D eigenvalue weighted by atomic mass is 79.9. The van der Waals surface area contributed by atoms with E-state index in [9.17, 15) is 14.7 Å². The third-order valence-electron chi connectivity index (χ3n) is 2.13. The molecule has 0 spiro atoms. The molecule has 104 valence electrons. The third-order valence-corrected chi connectivity index (χ3v) is 2.62. The zero-order valence-corrected chi connectivity index (χ0v) is 12.7. The van der Waals surface area contributed by atoms with Gasteiger partial charge in [0.25, 0.3) is 5.91 Å². The molecule has 0 heterocycles. The van der Waals surface area contributed by atoms with E-state index < -0.39 is 5.91 Å². The summed E-state index contributed by atoms with van der Waals surface area (Å²) >= 11 is 3.18. The molecule has 19 heavy (non-hydrogen) atoms. The molecule has 5 nitrogen and oxygen atoms in total. The average molecular weight is 329 g/mol. The molecule has 3 N–H and O–H groups in total. The Kier molecular flexibility index (Phi) is 4.94. The summed E-state index contributed by atoms with van der Waals surface area (Å²) in [6.45, 7) is 5.43. The van der Waals surface area contributed by atoms with E-state index in [1.807, 2.05) is 20.8 Å². The second-order valence-corrected chi connectivity index (χ2v) is 6.06. The van der Waals surface area contributed by atoms with E-state index in [2.05, 4.69) is 26.6 Å². The molecule has 1 aromatic carbocycles. The van der Waals surface area contributed by atoms with Crippen molar-refractivity contribution in [2.45, 2.75) is 26.3 Å². The van der Waals surface area contributed by atoms with Gasteiger partial charge >= 0.3 is 0 Å². The minimum atomic E-state index is -0.492. The van der Waals surface area contributed by atoms with Gasteiger partial charge in [0.15, 0.2) is 0 Å². The van der Waals surface area contributed by atoms with Gasteiger partial charge in [-0.1, -0.05) is 15.9 Å². The average Bonchev–Trinajstić information content (AvgIpc) is 2.23. The predicted octanol–water partition coefficient (Wildman–Crippen LogP) is 1.80. The Labute approximate surface area is 120 Å². The molecule has 1 rings (SSSR count). The molecule has 2 amide bonds. The van der Waals surface area contributed by atoms with E-state index in [-0.39, 0.29) is 29.3 Å². The van der Waals surface area contributed by atoms with Crippen LogP contribution in [-0.2, 0) is 4.79 Å². The fourth-order valence-electron chi connectivity index (χ4n) is 1.42. The molecule has 6 heteroatoms. The summed E-state index contributed by atoms with van der Waals surface area (Å²) in [6.07, 6.45) is 0. The van der Waals surface area contributed by atoms with Gasteiger partial charge in [0.2, 0.25) is 5.91 Å². The van der Waals surface area contributed by atoms with Gasteiger partial charge in [-0.25, -0.2) is 0 Å². The number of benzene rings is 1. The molecule has 0 saturated heterocycles. The second kappa shape index (κ2) is 6.06. The summed E-state index contributed by atoms with van der Waals surface area (Å²) in [7, 11) is 0. The Morgan fingerprint density at radius 2 is 1.95 bits per heavy atom. The van der Waals surface area contributed by atoms with Gasteiger partial charge < -0.3 is 15.7 Å². The van der Waals surface area contributed by atoms with Crippen molar-refractivity contribution in [3.8, 4) is 5.75 Å². The van der Waals surface area contributed by atoms with E-state index in [0.717, 1.165) is 0 Å². The molecule has 0 bridgehead atoms. The number of hydrogen-bond acceptors (Lipinski definition) is 3. The van der Waals surface area contributed by atoms with Crippen LogP contribution in [0.4, 0.5) is 0 Å². The second-order valence-electron chi connectivity index (χ2n) is 5.14. The first-order valence-corrected chi connectivity index (χ1v) is 6.56. The molecule has 0 atom stereocenters. The largest absolute Gasteiger partial charge is 0.507 e. The van der Waals surface area contributed by atoms with Crippen molar-refractivity contribution in [2.24, 2.45) is 0 Å². The number of aromatic hydroxyl groups is 1. The van der Waals surface area contributed by atoms with Gasteiger partial charge in [-0.3, -0.25) is 9.59 Å². The highest BCUT2D eigenvalue weighted by Crippen LogP contribution is 2.21. The van der Waals surface area contributed by atoms with Crippen LogP contribution >= 0.6 is 15.9 Å². The number of phenolic OH excluding ortho intramolecular Hbond substituents is 1. The van der Waals surface area contributed by atoms with E-state index >= 15 is 0 Å². The minimum absolute atomic E-state index is 0.131. The fourth-order valence-corrected chi connectivity index (χ4v) is 1.76. The SMILES string of the molecule is CC(C)(C)NC(=O)CNC(=O)c1ccc(Br)cc1O. The first-order chi connectivity index (χ1) is 8.69. The highest BCUT2D eigenvalue weighted by Gasteiger charge is 2.16. The summed E-state index contributed by atoms with van der Waals surface area (Å²) in [6, 6.07) is 4.55. The van der Waals surface area contributed by atoms with Crippen molar-refractivity contribution in [1.29, 1.82) is 0 Å². The van der Waals surface area contributed by atoms with Gasteiger partial charge in [-0.15, -0.1) is 0 Å². The van der Waals surface area contributed by atoms with Crippen LogP contribution in [-0.4, -0.2) is 29.0 Å². The van der Waals surface area contributed by atoms with Gasteiger partial charge in [0.1, 0.15) is 5.75 Å². The van der Waals surface area contributed by atoms with Crippen molar-refractivity contribution >= 4 is 27.7 Å². The van der Waals surface area contributed by atoms with E-state index in [0.29, 0.717) is 4.47 Å². The Hall–Kier alpha value is -1.56. The molecule has 0 aliphatic rings. The van der Waals surface area contributed by atoms with Crippen LogP contribution in [0.3, 0.4) is 0 Å². The molecule has 0 aliphatic carbocycles. The van der Waals surface area contributed by atoms with Crippen LogP contribution in [0.2, 0.25) is 0 Å². The van der Waals surface area contributed by atoms with Gasteiger partial charge in [-0.05, 0) is 39.0 Å². The Morgan fingerprint density at radius 1 is 1.32 bits per heavy atom. The number of carbonyl (C=O) groups excluding carboxylic acids is 2. The first-order valence-electron chi connectivity index (χ1n) is 5.77. The molecule has 0 aliphatic heterocycles. The van der Waals surface area contributed by atoms with Gasteiger partial charge in [-0.2, -0.15) is 0 Å². The summed E-state index contributed by atoms with van der Waals surface area (Å²) in [5, 5.41) is 14.8. The van der Waals surface area contributed by atoms with Crippen LogP contribution in [0.1, 0.15) is 31.1 Å². The topological polar surface area (TPSA) is 78.4 Å². The number of amides is 2. The van der Waals surface area contributed by atoms with Crippen LogP contribution in [0.5, 0.6) is 5.75 Å². The maximum absolute atomic E-state index is 11.8. The molecular formula is C13H17BrN2O3. The summed E-state index contributed by atoms with van der Waals surface area (Å²) in [5.41, 5.74) is -0.214. The van der Waals surface area contributed by atoms with E-state index in [1.165, 1.54) is 12.1 Å². The Morgan fingerprint density at radius 3 is 2.47 bits per heavy atom. The molecule has 0 radical (unpaired) electrons. The van der Waals surface area contributed by atoms with Crippen LogP contribution in [0, 0.1) is 0 Å². The Balaban J connectivity index is 2.59. The summed E-state index contributed by atoms with van der Waals surface area (Å²) in [4.78, 5) is 23.3. The van der Waals surface area contributed by atoms with Crippen LogP contribution in [0.25, 0.3) is 0 Å². The van der Waals surface area contributed by atoms with Crippen molar-refractivity contribution in [1.82, 2.24) is 10.6 Å². The zero-order chi connectivity index (χ0) is 14.6. The summed E-state index contributed by atoms with van der Waals surface area (Å²) < 4.78 is 0.673. The molecule has 0 unspecified atom stereocenters. The Bertz CT molecular complexity index is 495. The molecule has 0 saturated carbocycles. The van der Waals surface area contributed by atoms with E-state index in [1.54, 1.807) is 6.07 Å². The molecule has 0 fully saturated rings. The smallest absolute Gasteiger partial charge is 0.255 e. The monoisotopic (exact) mass is 328 g/mol. The maximum atomic E-state index is 11.8. The lowest BCUT2D eigenvalue weighted by Crippen LogP contribution is -2.45. The maximum Gasteiger partial charge on any atom is 0.255 e. The van der Waals surface area contributed by atoms with E-state index in [4.69, 9.17) is 0 Å². The number of carbonyl (C=O) groups is 2. The minimum Gasteiger partial charge on any atom is -0.507 e. The van der Waals surface area contributed by atoms with Crippen molar-refractivity contribution in [3.05, 3.63) is 28.2 Å². The van der Waals surface area contributed by atoms with Gasteiger partial charge in [0.05, 0.1) is 12.1 Å². The normalized spacial score (nSPS) is 10.9. The summed E-state index contributed by atoms with van der Waals surface area (Å²) in [5.74, 6) is -0.908. The number of phenols is 1. The lowest BCUT2D eigenvalue weighted by atomic mass is 10.1. The highest BCUT2D eigenvalue weighted by molar-refractivity contribution is 9.10. The van der Waals surface area contributed by atoms with Crippen LogP contribution in [0.15, 0.2) is 22.7 Å². The molecular weight excluding hydrogens is 312 g/mol. The van der Waals surface area contributed by atoms with Crippen molar-refractivity contribution in [2.75, 3.05) is 6.54 Å². The standard InChI is InChI=1S/C13H17BrN2O3/c1-13(2,3)16-11(18)7-15-12(19)9-5-4-8(14)6-10(9)17/h4-6,17H,7H2,1-3H3,(H,15,19)(H,16,18). The molecule has 1 aromatic rings. The number of rotatable bonds is 3. The van der Waals surface area contributed by atoms with Gasteiger partial charge in [0, 0.05) is 10.0 Å². The third kappa shape index (κ3) is 5.30. The number of hydrogen-bond donors (Lipinski definition) is 3. The number of halogens is 1. The zero-order valence-electron chi connectivity index (χ0n) is 11.1. The van der Waals surface area contributed by atoms with Crippen LogP contribution < -0.4 is 10.6 Å². The van der Waals surface area contributed by atoms with Crippen molar-refractivity contribution < 1.29 is 14.7 Å². The quantitative estimate of drug-likeness (QED) is 0.791. The lowest BCUT2D eigenvalue weighted by Gasteiger charge is -2.20. The lowest BCUT2D eigenvalue weighted by molar-refractivity contribution is -0.121. The first kappa shape index (κ1) is 15.5.